The Bertz CT molecular complexity index is 1470. The molecule has 1 saturated heterocycles. The van der Waals surface area contributed by atoms with Crippen molar-refractivity contribution in [3.63, 3.8) is 0 Å². The van der Waals surface area contributed by atoms with Gasteiger partial charge in [-0.25, -0.2) is 13.9 Å². The molecule has 4 aromatic rings. The van der Waals surface area contributed by atoms with E-state index in [4.69, 9.17) is 9.51 Å². The number of carbonyl (C=O) groups excluding carboxylic acids is 2. The third-order valence-corrected chi connectivity index (χ3v) is 6.68. The molecule has 192 valence electrons. The molecule has 0 N–H and O–H groups in total. The number of imidazole rings is 1. The Morgan fingerprint density at radius 3 is 2.38 bits per heavy atom. The first-order valence-corrected chi connectivity index (χ1v) is 12.1. The van der Waals surface area contributed by atoms with Crippen LogP contribution in [0.5, 0.6) is 0 Å². The lowest BCUT2D eigenvalue weighted by Crippen LogP contribution is -2.62. The maximum absolute atomic E-state index is 13.7. The lowest BCUT2D eigenvalue weighted by atomic mass is 9.87. The van der Waals surface area contributed by atoms with Gasteiger partial charge in [-0.2, -0.15) is 5.10 Å². The van der Waals surface area contributed by atoms with E-state index in [2.05, 4.69) is 31.0 Å². The molecule has 3 aromatic heterocycles. The Morgan fingerprint density at radius 1 is 1.03 bits per heavy atom. The maximum atomic E-state index is 13.7. The van der Waals surface area contributed by atoms with Crippen molar-refractivity contribution in [3.8, 4) is 11.3 Å². The summed E-state index contributed by atoms with van der Waals surface area (Å²) < 4.78 is 19.9. The van der Waals surface area contributed by atoms with Gasteiger partial charge in [0, 0.05) is 36.8 Å². The van der Waals surface area contributed by atoms with Crippen LogP contribution >= 0.6 is 0 Å². The Kier molecular flexibility index (Phi) is 5.85. The SMILES string of the molecule is CC(C)(C)c1cc(-c2ccc(F)cc2)nn2cc(C(=O)N3CCN(C(=O)c4ccon4)CC3(C)C)nc12. The summed E-state index contributed by atoms with van der Waals surface area (Å²) in [7, 11) is 0. The number of benzene rings is 1. The highest BCUT2D eigenvalue weighted by Gasteiger charge is 2.40. The number of fused-ring (bicyclic) bond motifs is 1. The minimum absolute atomic E-state index is 0.228. The van der Waals surface area contributed by atoms with Gasteiger partial charge in [0.25, 0.3) is 11.8 Å². The molecule has 4 heterocycles. The number of halogens is 1. The molecule has 0 bridgehead atoms. The fraction of sp³-hybridized carbons (Fsp3) is 0.370. The minimum atomic E-state index is -0.635. The molecule has 1 aliphatic heterocycles. The van der Waals surface area contributed by atoms with Gasteiger partial charge in [-0.05, 0) is 49.6 Å². The van der Waals surface area contributed by atoms with Gasteiger partial charge in [-0.15, -0.1) is 0 Å². The number of nitrogens with zero attached hydrogens (tertiary/aromatic N) is 6. The van der Waals surface area contributed by atoms with Crippen molar-refractivity contribution in [2.75, 3.05) is 19.6 Å². The second-order valence-electron chi connectivity index (χ2n) is 11.0. The van der Waals surface area contributed by atoms with Crippen molar-refractivity contribution in [2.45, 2.75) is 45.6 Å². The fourth-order valence-corrected chi connectivity index (χ4v) is 4.72. The summed E-state index contributed by atoms with van der Waals surface area (Å²) in [6.07, 6.45) is 3.01. The molecule has 1 aromatic carbocycles. The van der Waals surface area contributed by atoms with Crippen molar-refractivity contribution in [1.82, 2.24) is 29.6 Å². The van der Waals surface area contributed by atoms with Crippen LogP contribution in [0.4, 0.5) is 4.39 Å². The summed E-state index contributed by atoms with van der Waals surface area (Å²) in [4.78, 5) is 34.6. The third-order valence-electron chi connectivity index (χ3n) is 6.68. The molecule has 0 spiro atoms. The Hall–Kier alpha value is -4.08. The van der Waals surface area contributed by atoms with Crippen LogP contribution in [0.2, 0.25) is 0 Å². The molecule has 0 radical (unpaired) electrons. The van der Waals surface area contributed by atoms with E-state index in [-0.39, 0.29) is 34.4 Å². The molecule has 2 amide bonds. The first kappa shape index (κ1) is 24.6. The topological polar surface area (TPSA) is 96.8 Å². The van der Waals surface area contributed by atoms with E-state index in [0.717, 1.165) is 11.1 Å². The smallest absolute Gasteiger partial charge is 0.276 e. The van der Waals surface area contributed by atoms with E-state index >= 15 is 0 Å². The number of carbonyl (C=O) groups is 2. The van der Waals surface area contributed by atoms with E-state index in [1.807, 2.05) is 19.9 Å². The molecule has 0 aliphatic carbocycles. The van der Waals surface area contributed by atoms with Crippen molar-refractivity contribution >= 4 is 17.5 Å². The van der Waals surface area contributed by atoms with Crippen molar-refractivity contribution in [3.05, 3.63) is 71.6 Å². The molecule has 0 saturated carbocycles. The van der Waals surface area contributed by atoms with E-state index < -0.39 is 5.54 Å². The summed E-state index contributed by atoms with van der Waals surface area (Å²) in [6.45, 7) is 11.1. The minimum Gasteiger partial charge on any atom is -0.364 e. The molecule has 9 nitrogen and oxygen atoms in total. The monoisotopic (exact) mass is 504 g/mol. The van der Waals surface area contributed by atoms with E-state index in [0.29, 0.717) is 31.0 Å². The van der Waals surface area contributed by atoms with Gasteiger partial charge in [-0.1, -0.05) is 25.9 Å². The Balaban J connectivity index is 1.47. The van der Waals surface area contributed by atoms with Crippen LogP contribution in [-0.2, 0) is 5.41 Å². The first-order valence-electron chi connectivity index (χ1n) is 12.1. The van der Waals surface area contributed by atoms with Gasteiger partial charge in [0.2, 0.25) is 0 Å². The predicted molar refractivity (Wildman–Crippen MR) is 135 cm³/mol. The summed E-state index contributed by atoms with van der Waals surface area (Å²) >= 11 is 0. The lowest BCUT2D eigenvalue weighted by Gasteiger charge is -2.46. The van der Waals surface area contributed by atoms with Gasteiger partial charge in [0.1, 0.15) is 17.8 Å². The highest BCUT2D eigenvalue weighted by molar-refractivity contribution is 5.95. The van der Waals surface area contributed by atoms with E-state index in [1.165, 1.54) is 24.5 Å². The quantitative estimate of drug-likeness (QED) is 0.415. The molecule has 37 heavy (non-hydrogen) atoms. The highest BCUT2D eigenvalue weighted by atomic mass is 19.1. The van der Waals surface area contributed by atoms with Crippen LogP contribution in [0.1, 0.15) is 61.2 Å². The fourth-order valence-electron chi connectivity index (χ4n) is 4.72. The van der Waals surface area contributed by atoms with Crippen LogP contribution in [0.15, 0.2) is 53.4 Å². The lowest BCUT2D eigenvalue weighted by molar-refractivity contribution is 0.0161. The summed E-state index contributed by atoms with van der Waals surface area (Å²) in [6, 6.07) is 9.64. The maximum Gasteiger partial charge on any atom is 0.276 e. The molecule has 5 rings (SSSR count). The largest absolute Gasteiger partial charge is 0.364 e. The predicted octanol–water partition coefficient (Wildman–Crippen LogP) is 4.20. The summed E-state index contributed by atoms with van der Waals surface area (Å²) in [5, 5.41) is 8.43. The van der Waals surface area contributed by atoms with Crippen LogP contribution in [0, 0.1) is 5.82 Å². The molecule has 1 aliphatic rings. The number of hydrogen-bond acceptors (Lipinski definition) is 6. The van der Waals surface area contributed by atoms with Crippen LogP contribution in [0.25, 0.3) is 16.9 Å². The number of aromatic nitrogens is 4. The van der Waals surface area contributed by atoms with Gasteiger partial charge in [0.05, 0.1) is 17.4 Å². The first-order chi connectivity index (χ1) is 17.4. The molecular formula is C27H29FN6O3. The number of rotatable bonds is 3. The van der Waals surface area contributed by atoms with Crippen LogP contribution in [-0.4, -0.2) is 66.5 Å². The summed E-state index contributed by atoms with van der Waals surface area (Å²) in [5.41, 5.74) is 2.55. The molecule has 1 fully saturated rings. The van der Waals surface area contributed by atoms with Crippen molar-refractivity contribution in [1.29, 1.82) is 0 Å². The third kappa shape index (κ3) is 4.59. The number of amides is 2. The normalized spacial score (nSPS) is 15.8. The molecule has 0 unspecified atom stereocenters. The Morgan fingerprint density at radius 2 is 1.76 bits per heavy atom. The zero-order valence-electron chi connectivity index (χ0n) is 21.5. The van der Waals surface area contributed by atoms with Crippen LogP contribution < -0.4 is 0 Å². The van der Waals surface area contributed by atoms with Crippen molar-refractivity contribution < 1.29 is 18.5 Å². The number of hydrogen-bond donors (Lipinski definition) is 0. The van der Waals surface area contributed by atoms with Gasteiger partial charge in [-0.3, -0.25) is 9.59 Å². The standard InChI is InChI=1S/C27H29FN6O3/c1-26(2,3)19-14-21(17-6-8-18(28)9-7-17)30-34-15-22(29-23(19)34)25(36)33-12-11-32(16-27(33,4)5)24(35)20-10-13-37-31-20/h6-10,13-15H,11-12,16H2,1-5H3. The van der Waals surface area contributed by atoms with Gasteiger partial charge < -0.3 is 14.3 Å². The molecule has 0 atom stereocenters. The van der Waals surface area contributed by atoms with Gasteiger partial charge >= 0.3 is 0 Å². The number of piperazine rings is 1. The van der Waals surface area contributed by atoms with E-state index in [1.54, 1.807) is 32.6 Å². The molecular weight excluding hydrogens is 475 g/mol. The summed E-state index contributed by atoms with van der Waals surface area (Å²) in [5.74, 6) is -0.775. The van der Waals surface area contributed by atoms with E-state index in [9.17, 15) is 14.0 Å². The zero-order valence-corrected chi connectivity index (χ0v) is 21.5. The zero-order chi connectivity index (χ0) is 26.5. The second-order valence-corrected chi connectivity index (χ2v) is 11.0. The van der Waals surface area contributed by atoms with Crippen molar-refractivity contribution in [2.24, 2.45) is 0 Å². The Labute approximate surface area is 213 Å². The second kappa shape index (κ2) is 8.79. The average Bonchev–Trinajstić information content (AvgIpc) is 3.52. The highest BCUT2D eigenvalue weighted by Crippen LogP contribution is 2.31. The average molecular weight is 505 g/mol. The van der Waals surface area contributed by atoms with Crippen LogP contribution in [0.3, 0.4) is 0 Å². The molecule has 10 heteroatoms. The van der Waals surface area contributed by atoms with Gasteiger partial charge in [0.15, 0.2) is 11.3 Å².